The van der Waals surface area contributed by atoms with E-state index in [4.69, 9.17) is 0 Å². The number of hydrogen-bond donors (Lipinski definition) is 2. The maximum Gasteiger partial charge on any atom is 0.325 e. The number of sulfone groups is 1. The second-order valence-corrected chi connectivity index (χ2v) is 9.68. The lowest BCUT2D eigenvalue weighted by Gasteiger charge is -2.23. The largest absolute Gasteiger partial charge is 0.351 e. The van der Waals surface area contributed by atoms with E-state index in [1.165, 1.54) is 0 Å². The average molecular weight is 444 g/mol. The van der Waals surface area contributed by atoms with Crippen LogP contribution in [0.3, 0.4) is 0 Å². The van der Waals surface area contributed by atoms with E-state index in [2.05, 4.69) is 26.6 Å². The fourth-order valence-electron chi connectivity index (χ4n) is 3.22. The summed E-state index contributed by atoms with van der Waals surface area (Å²) in [4.78, 5) is 38.1. The number of halogens is 1. The van der Waals surface area contributed by atoms with Gasteiger partial charge < -0.3 is 10.6 Å². The summed E-state index contributed by atoms with van der Waals surface area (Å²) in [5.41, 5.74) is -0.697. The van der Waals surface area contributed by atoms with Crippen molar-refractivity contribution in [2.24, 2.45) is 0 Å². The Balaban J connectivity index is 1.72. The minimum atomic E-state index is -3.13. The van der Waals surface area contributed by atoms with E-state index in [1.807, 2.05) is 0 Å². The van der Waals surface area contributed by atoms with E-state index in [-0.39, 0.29) is 11.5 Å². The Bertz CT molecular complexity index is 888. The smallest absolute Gasteiger partial charge is 0.325 e. The Kier molecular flexibility index (Phi) is 4.82. The van der Waals surface area contributed by atoms with Gasteiger partial charge in [0, 0.05) is 16.1 Å². The van der Waals surface area contributed by atoms with Crippen LogP contribution in [0.2, 0.25) is 0 Å². The Labute approximate surface area is 159 Å². The zero-order valence-corrected chi connectivity index (χ0v) is 16.4. The Morgan fingerprint density at radius 3 is 2.69 bits per heavy atom. The van der Waals surface area contributed by atoms with Crippen LogP contribution in [0.5, 0.6) is 0 Å². The molecule has 2 heterocycles. The second-order valence-electron chi connectivity index (χ2n) is 6.59. The van der Waals surface area contributed by atoms with Crippen molar-refractivity contribution < 1.29 is 22.8 Å². The molecule has 2 aliphatic heterocycles. The van der Waals surface area contributed by atoms with Crippen LogP contribution < -0.4 is 10.6 Å². The minimum absolute atomic E-state index is 0.0290. The highest BCUT2D eigenvalue weighted by Crippen LogP contribution is 2.33. The molecule has 26 heavy (non-hydrogen) atoms. The molecule has 3 rings (SSSR count). The first-order valence-corrected chi connectivity index (χ1v) is 10.6. The van der Waals surface area contributed by atoms with Gasteiger partial charge in [-0.1, -0.05) is 34.1 Å². The lowest BCUT2D eigenvalue weighted by Crippen LogP contribution is -2.45. The Hall–Kier alpha value is -1.94. The van der Waals surface area contributed by atoms with Gasteiger partial charge in [0.2, 0.25) is 5.91 Å². The Morgan fingerprint density at radius 2 is 2.08 bits per heavy atom. The highest BCUT2D eigenvalue weighted by Gasteiger charge is 2.50. The fraction of sp³-hybridized carbons (Fsp3) is 0.438. The first-order valence-electron chi connectivity index (χ1n) is 8.01. The molecule has 8 nitrogen and oxygen atoms in total. The number of amides is 4. The number of carbonyl (C=O) groups is 3. The first-order chi connectivity index (χ1) is 12.1. The topological polar surface area (TPSA) is 113 Å². The lowest BCUT2D eigenvalue weighted by atomic mass is 9.92. The predicted octanol–water partition coefficient (Wildman–Crippen LogP) is 0.519. The summed E-state index contributed by atoms with van der Waals surface area (Å²) >= 11 is 3.37. The van der Waals surface area contributed by atoms with Crippen molar-refractivity contribution >= 4 is 43.6 Å². The second kappa shape index (κ2) is 6.66. The van der Waals surface area contributed by atoms with E-state index in [0.29, 0.717) is 16.5 Å². The summed E-state index contributed by atoms with van der Waals surface area (Å²) in [7, 11) is -3.13. The van der Waals surface area contributed by atoms with Crippen LogP contribution in [0.4, 0.5) is 4.79 Å². The molecule has 0 spiro atoms. The minimum Gasteiger partial charge on any atom is -0.351 e. The lowest BCUT2D eigenvalue weighted by molar-refractivity contribution is -0.135. The molecular formula is C16H18BrN3O5S. The van der Waals surface area contributed by atoms with Crippen LogP contribution in [-0.4, -0.2) is 55.3 Å². The first kappa shape index (κ1) is 18.8. The molecule has 0 saturated carbocycles. The highest BCUT2D eigenvalue weighted by molar-refractivity contribution is 9.10. The van der Waals surface area contributed by atoms with E-state index in [0.717, 1.165) is 4.90 Å². The molecule has 2 fully saturated rings. The van der Waals surface area contributed by atoms with Gasteiger partial charge in [0.25, 0.3) is 5.91 Å². The summed E-state index contributed by atoms with van der Waals surface area (Å²) in [5.74, 6) is -1.19. The molecule has 1 aromatic carbocycles. The maximum atomic E-state index is 12.8. The maximum absolute atomic E-state index is 12.8. The van der Waals surface area contributed by atoms with Gasteiger partial charge in [0.15, 0.2) is 9.84 Å². The van der Waals surface area contributed by atoms with Gasteiger partial charge in [0.05, 0.1) is 11.5 Å². The highest BCUT2D eigenvalue weighted by atomic mass is 79.9. The van der Waals surface area contributed by atoms with E-state index in [1.54, 1.807) is 31.2 Å². The van der Waals surface area contributed by atoms with Crippen LogP contribution in [0.25, 0.3) is 0 Å². The van der Waals surface area contributed by atoms with Crippen LogP contribution >= 0.6 is 15.9 Å². The molecular weight excluding hydrogens is 426 g/mol. The number of carbonyl (C=O) groups excluding carboxylic acids is 3. The number of imide groups is 1. The zero-order valence-electron chi connectivity index (χ0n) is 14.0. The summed E-state index contributed by atoms with van der Waals surface area (Å²) in [5, 5.41) is 5.21. The van der Waals surface area contributed by atoms with Gasteiger partial charge in [-0.2, -0.15) is 0 Å². The van der Waals surface area contributed by atoms with Crippen LogP contribution in [-0.2, 0) is 25.0 Å². The summed E-state index contributed by atoms with van der Waals surface area (Å²) < 4.78 is 23.6. The molecule has 10 heteroatoms. The molecule has 0 unspecified atom stereocenters. The van der Waals surface area contributed by atoms with Crippen LogP contribution in [0.15, 0.2) is 28.7 Å². The van der Waals surface area contributed by atoms with E-state index < -0.39 is 45.8 Å². The van der Waals surface area contributed by atoms with Gasteiger partial charge >= 0.3 is 6.03 Å². The molecule has 4 amide bonds. The average Bonchev–Trinajstić information content (AvgIpc) is 2.99. The van der Waals surface area contributed by atoms with Crippen molar-refractivity contribution in [1.29, 1.82) is 0 Å². The molecule has 2 N–H and O–H groups in total. The quantitative estimate of drug-likeness (QED) is 0.658. The number of hydrogen-bond acceptors (Lipinski definition) is 5. The fourth-order valence-corrected chi connectivity index (χ4v) is 5.57. The molecule has 1 aromatic rings. The third kappa shape index (κ3) is 3.48. The molecule has 140 valence electrons. The molecule has 0 radical (unpaired) electrons. The third-order valence-electron chi connectivity index (χ3n) is 4.59. The van der Waals surface area contributed by atoms with Crippen LogP contribution in [0, 0.1) is 0 Å². The van der Waals surface area contributed by atoms with Crippen molar-refractivity contribution in [1.82, 2.24) is 15.5 Å². The summed E-state index contributed by atoms with van der Waals surface area (Å²) in [6.45, 7) is 1.12. The molecule has 0 bridgehead atoms. The summed E-state index contributed by atoms with van der Waals surface area (Å²) in [6, 6.07) is 5.87. The molecule has 2 aliphatic rings. The standard InChI is InChI=1S/C16H18BrN3O5S/c1-16(11-4-2-3-5-12(11)17)14(22)20(15(23)19-16)8-13(21)18-10-6-7-26(24,25)9-10/h2-5,10H,6-9H2,1H3,(H,18,21)(H,19,23)/t10-,16-/m0/s1. The number of benzene rings is 1. The van der Waals surface area contributed by atoms with E-state index >= 15 is 0 Å². The number of nitrogens with zero attached hydrogens (tertiary/aromatic N) is 1. The molecule has 2 atom stereocenters. The van der Waals surface area contributed by atoms with Gasteiger partial charge in [0.1, 0.15) is 12.1 Å². The van der Waals surface area contributed by atoms with Crippen molar-refractivity contribution in [2.75, 3.05) is 18.1 Å². The van der Waals surface area contributed by atoms with Crippen molar-refractivity contribution in [3.05, 3.63) is 34.3 Å². The monoisotopic (exact) mass is 443 g/mol. The molecule has 0 aromatic heterocycles. The number of nitrogens with one attached hydrogen (secondary N) is 2. The predicted molar refractivity (Wildman–Crippen MR) is 96.9 cm³/mol. The number of urea groups is 1. The molecule has 0 aliphatic carbocycles. The Morgan fingerprint density at radius 1 is 1.38 bits per heavy atom. The SMILES string of the molecule is C[C@@]1(c2ccccc2Br)NC(=O)N(CC(=O)N[C@H]2CCS(=O)(=O)C2)C1=O. The number of rotatable bonds is 4. The normalized spacial score (nSPS) is 27.5. The van der Waals surface area contributed by atoms with Crippen molar-refractivity contribution in [3.8, 4) is 0 Å². The van der Waals surface area contributed by atoms with E-state index in [9.17, 15) is 22.8 Å². The summed E-state index contributed by atoms with van der Waals surface area (Å²) in [6.07, 6.45) is 0.336. The van der Waals surface area contributed by atoms with Crippen LogP contribution in [0.1, 0.15) is 18.9 Å². The van der Waals surface area contributed by atoms with Gasteiger partial charge in [-0.05, 0) is 19.4 Å². The van der Waals surface area contributed by atoms with Crippen molar-refractivity contribution in [2.45, 2.75) is 24.9 Å². The van der Waals surface area contributed by atoms with Gasteiger partial charge in [-0.15, -0.1) is 0 Å². The molecule has 2 saturated heterocycles. The van der Waals surface area contributed by atoms with Gasteiger partial charge in [-0.3, -0.25) is 14.5 Å². The third-order valence-corrected chi connectivity index (χ3v) is 7.05. The van der Waals surface area contributed by atoms with Gasteiger partial charge in [-0.25, -0.2) is 13.2 Å². The zero-order chi connectivity index (χ0) is 19.1. The van der Waals surface area contributed by atoms with Crippen molar-refractivity contribution in [3.63, 3.8) is 0 Å².